The van der Waals surface area contributed by atoms with Crippen LogP contribution in [0.3, 0.4) is 0 Å². The molecule has 1 atom stereocenters. The fourth-order valence-electron chi connectivity index (χ4n) is 2.62. The maximum atomic E-state index is 6.28. The number of hydrogen-bond acceptors (Lipinski definition) is 6. The lowest BCUT2D eigenvalue weighted by atomic mass is 10.2. The molecule has 0 aliphatic carbocycles. The van der Waals surface area contributed by atoms with Crippen LogP contribution in [-0.2, 0) is 4.74 Å². The highest BCUT2D eigenvalue weighted by atomic mass is 35.5. The van der Waals surface area contributed by atoms with Crippen molar-refractivity contribution >= 4 is 41.6 Å². The highest BCUT2D eigenvalue weighted by Crippen LogP contribution is 2.41. The molecule has 0 spiro atoms. The van der Waals surface area contributed by atoms with Gasteiger partial charge in [-0.2, -0.15) is 14.9 Å². The third-order valence-electron chi connectivity index (χ3n) is 3.77. The van der Waals surface area contributed by atoms with Crippen molar-refractivity contribution in [3.8, 4) is 11.5 Å². The average Bonchev–Trinajstić information content (AvgIpc) is 3.23. The van der Waals surface area contributed by atoms with Gasteiger partial charge in [0.05, 0.1) is 25.5 Å². The molecule has 2 heterocycles. The summed E-state index contributed by atoms with van der Waals surface area (Å²) < 4.78 is 18.1. The molecule has 25 heavy (non-hydrogen) atoms. The van der Waals surface area contributed by atoms with Crippen molar-refractivity contribution in [3.63, 3.8) is 0 Å². The number of rotatable bonds is 5. The van der Waals surface area contributed by atoms with Gasteiger partial charge in [0.15, 0.2) is 11.6 Å². The molecule has 1 saturated heterocycles. The van der Waals surface area contributed by atoms with Crippen LogP contribution >= 0.6 is 35.4 Å². The summed E-state index contributed by atoms with van der Waals surface area (Å²) in [6, 6.07) is 1.66. The Balaban J connectivity index is 2.01. The molecule has 134 valence electrons. The normalized spacial score (nSPS) is 17.4. The summed E-state index contributed by atoms with van der Waals surface area (Å²) in [5.74, 6) is 1.38. The first-order valence-electron chi connectivity index (χ1n) is 7.50. The number of benzene rings is 1. The van der Waals surface area contributed by atoms with Gasteiger partial charge < -0.3 is 14.2 Å². The summed E-state index contributed by atoms with van der Waals surface area (Å²) in [4.78, 5) is 0. The summed E-state index contributed by atoms with van der Waals surface area (Å²) in [5, 5.41) is 12.0. The van der Waals surface area contributed by atoms with Gasteiger partial charge in [-0.15, -0.1) is 0 Å². The fourth-order valence-corrected chi connectivity index (χ4v) is 3.51. The Morgan fingerprint density at radius 1 is 1.40 bits per heavy atom. The second-order valence-electron chi connectivity index (χ2n) is 5.27. The zero-order valence-electron chi connectivity index (χ0n) is 13.6. The van der Waals surface area contributed by atoms with E-state index < -0.39 is 0 Å². The van der Waals surface area contributed by atoms with Crippen LogP contribution in [0.25, 0.3) is 0 Å². The summed E-state index contributed by atoms with van der Waals surface area (Å²) in [5.41, 5.74) is 0.583. The third kappa shape index (κ3) is 3.52. The molecule has 1 N–H and O–H groups in total. The van der Waals surface area contributed by atoms with Gasteiger partial charge in [0.2, 0.25) is 4.77 Å². The number of aromatic amines is 1. The van der Waals surface area contributed by atoms with Crippen molar-refractivity contribution in [2.75, 3.05) is 20.8 Å². The van der Waals surface area contributed by atoms with Crippen LogP contribution < -0.4 is 9.47 Å². The minimum Gasteiger partial charge on any atom is -0.494 e. The van der Waals surface area contributed by atoms with E-state index in [1.165, 1.54) is 18.9 Å². The van der Waals surface area contributed by atoms with Crippen molar-refractivity contribution in [2.24, 2.45) is 5.10 Å². The maximum absolute atomic E-state index is 6.28. The minimum absolute atomic E-state index is 0.130. The number of H-pyrrole nitrogens is 1. The zero-order chi connectivity index (χ0) is 18.0. The second kappa shape index (κ2) is 7.74. The van der Waals surface area contributed by atoms with Gasteiger partial charge in [-0.3, -0.25) is 5.10 Å². The Morgan fingerprint density at radius 3 is 2.80 bits per heavy atom. The first kappa shape index (κ1) is 18.2. The van der Waals surface area contributed by atoms with Crippen LogP contribution in [0.5, 0.6) is 11.5 Å². The Kier molecular flexibility index (Phi) is 5.63. The molecule has 3 rings (SSSR count). The SMILES string of the molecule is COc1c(Cl)cc(/C=N\n2c(C3CCCO3)n[nH]c2=S)c(OC)c1Cl. The van der Waals surface area contributed by atoms with Crippen LogP contribution in [0.15, 0.2) is 11.2 Å². The monoisotopic (exact) mass is 402 g/mol. The first-order valence-corrected chi connectivity index (χ1v) is 8.66. The van der Waals surface area contributed by atoms with Gasteiger partial charge in [0, 0.05) is 12.2 Å². The predicted molar refractivity (Wildman–Crippen MR) is 97.9 cm³/mol. The molecule has 0 saturated carbocycles. The maximum Gasteiger partial charge on any atom is 0.216 e. The van der Waals surface area contributed by atoms with Gasteiger partial charge in [-0.05, 0) is 31.1 Å². The van der Waals surface area contributed by atoms with E-state index in [9.17, 15) is 0 Å². The van der Waals surface area contributed by atoms with E-state index in [4.69, 9.17) is 49.6 Å². The molecular weight excluding hydrogens is 387 g/mol. The largest absolute Gasteiger partial charge is 0.494 e. The minimum atomic E-state index is -0.130. The number of ether oxygens (including phenoxy) is 3. The fraction of sp³-hybridized carbons (Fsp3) is 0.400. The smallest absolute Gasteiger partial charge is 0.216 e. The highest BCUT2D eigenvalue weighted by Gasteiger charge is 2.24. The van der Waals surface area contributed by atoms with Gasteiger partial charge in [-0.1, -0.05) is 23.2 Å². The molecule has 7 nitrogen and oxygen atoms in total. The molecule has 1 aliphatic rings. The van der Waals surface area contributed by atoms with Crippen molar-refractivity contribution in [2.45, 2.75) is 18.9 Å². The van der Waals surface area contributed by atoms with Crippen molar-refractivity contribution < 1.29 is 14.2 Å². The lowest BCUT2D eigenvalue weighted by molar-refractivity contribution is 0.102. The number of hydrogen-bond donors (Lipinski definition) is 1. The summed E-state index contributed by atoms with van der Waals surface area (Å²) in [6.45, 7) is 0.700. The Hall–Kier alpha value is -1.61. The molecule has 0 bridgehead atoms. The average molecular weight is 403 g/mol. The van der Waals surface area contributed by atoms with Crippen molar-refractivity contribution in [1.82, 2.24) is 14.9 Å². The van der Waals surface area contributed by atoms with E-state index in [0.29, 0.717) is 39.3 Å². The van der Waals surface area contributed by atoms with E-state index in [1.807, 2.05) is 0 Å². The number of halogens is 2. The number of nitrogens with one attached hydrogen (secondary N) is 1. The quantitative estimate of drug-likeness (QED) is 0.604. The topological polar surface area (TPSA) is 73.7 Å². The van der Waals surface area contributed by atoms with Crippen molar-refractivity contribution in [1.29, 1.82) is 0 Å². The highest BCUT2D eigenvalue weighted by molar-refractivity contribution is 7.71. The number of methoxy groups -OCH3 is 2. The molecule has 1 fully saturated rings. The molecule has 10 heteroatoms. The lowest BCUT2D eigenvalue weighted by Gasteiger charge is -2.12. The second-order valence-corrected chi connectivity index (χ2v) is 6.44. The van der Waals surface area contributed by atoms with E-state index >= 15 is 0 Å². The van der Waals surface area contributed by atoms with E-state index in [1.54, 1.807) is 12.3 Å². The van der Waals surface area contributed by atoms with Gasteiger partial charge in [0.25, 0.3) is 0 Å². The Bertz CT molecular complexity index is 859. The Labute approximate surface area is 159 Å². The standard InChI is InChI=1S/C15H16Cl2N4O3S/c1-22-12-8(6-9(16)13(23-2)11(12)17)7-18-21-14(19-20-15(21)25)10-4-3-5-24-10/h6-7,10H,3-5H2,1-2H3,(H,20,25)/b18-7-. The molecule has 0 radical (unpaired) electrons. The number of nitrogens with zero attached hydrogens (tertiary/aromatic N) is 3. The third-order valence-corrected chi connectivity index (χ3v) is 4.66. The Morgan fingerprint density at radius 2 is 2.16 bits per heavy atom. The van der Waals surface area contributed by atoms with E-state index in [2.05, 4.69) is 15.3 Å². The van der Waals surface area contributed by atoms with E-state index in [-0.39, 0.29) is 11.1 Å². The van der Waals surface area contributed by atoms with Crippen LogP contribution in [0.4, 0.5) is 0 Å². The van der Waals surface area contributed by atoms with Crippen molar-refractivity contribution in [3.05, 3.63) is 32.3 Å². The molecule has 1 aromatic heterocycles. The molecular formula is C15H16Cl2N4O3S. The van der Waals surface area contributed by atoms with Gasteiger partial charge in [0.1, 0.15) is 16.9 Å². The summed E-state index contributed by atoms with van der Waals surface area (Å²) in [7, 11) is 2.99. The van der Waals surface area contributed by atoms with Gasteiger partial charge in [-0.25, -0.2) is 0 Å². The molecule has 2 aromatic rings. The van der Waals surface area contributed by atoms with E-state index in [0.717, 1.165) is 12.8 Å². The van der Waals surface area contributed by atoms with Crippen LogP contribution in [0, 0.1) is 4.77 Å². The molecule has 1 aliphatic heterocycles. The number of aromatic nitrogens is 3. The molecule has 0 amide bonds. The van der Waals surface area contributed by atoms with Gasteiger partial charge >= 0.3 is 0 Å². The summed E-state index contributed by atoms with van der Waals surface area (Å²) in [6.07, 6.45) is 3.28. The lowest BCUT2D eigenvalue weighted by Crippen LogP contribution is -2.05. The molecule has 1 unspecified atom stereocenters. The van der Waals surface area contributed by atoms with Crippen LogP contribution in [-0.4, -0.2) is 41.9 Å². The summed E-state index contributed by atoms with van der Waals surface area (Å²) >= 11 is 17.7. The predicted octanol–water partition coefficient (Wildman–Crippen LogP) is 4.00. The molecule has 1 aromatic carbocycles. The van der Waals surface area contributed by atoms with Crippen LogP contribution in [0.2, 0.25) is 10.0 Å². The zero-order valence-corrected chi connectivity index (χ0v) is 15.9. The van der Waals surface area contributed by atoms with Crippen LogP contribution in [0.1, 0.15) is 30.3 Å². The first-order chi connectivity index (χ1) is 12.1.